The van der Waals surface area contributed by atoms with Crippen LogP contribution in [0.25, 0.3) is 0 Å². The molecule has 2 nitrogen and oxygen atoms in total. The maximum atomic E-state index is 10.6. The van der Waals surface area contributed by atoms with Gasteiger partial charge in [-0.25, -0.2) is 0 Å². The van der Waals surface area contributed by atoms with E-state index in [1.54, 1.807) is 0 Å². The summed E-state index contributed by atoms with van der Waals surface area (Å²) in [6.07, 6.45) is 1.87. The fourth-order valence-corrected chi connectivity index (χ4v) is 2.02. The molecule has 0 aliphatic heterocycles. The molecule has 0 heterocycles. The molecule has 0 N–H and O–H groups in total. The Morgan fingerprint density at radius 3 is 2.18 bits per heavy atom. The number of esters is 1. The zero-order valence-electron chi connectivity index (χ0n) is 7.44. The summed E-state index contributed by atoms with van der Waals surface area (Å²) in [5.41, 5.74) is 0. The van der Waals surface area contributed by atoms with Gasteiger partial charge in [-0.2, -0.15) is 0 Å². The van der Waals surface area contributed by atoms with Crippen LogP contribution in [-0.4, -0.2) is 5.97 Å². The fourth-order valence-electron chi connectivity index (χ4n) is 0.765. The van der Waals surface area contributed by atoms with E-state index in [1.165, 1.54) is 10.0 Å². The average Bonchev–Trinajstić information content (AvgIpc) is 1.98. The molecular weight excluding hydrogens is 329 g/mol. The molecule has 0 aromatic carbocycles. The Morgan fingerprint density at radius 1 is 1.36 bits per heavy atom. The molecule has 0 aromatic rings. The zero-order chi connectivity index (χ0) is 8.85. The van der Waals surface area contributed by atoms with Crippen molar-refractivity contribution in [2.24, 2.45) is 0 Å². The van der Waals surface area contributed by atoms with Crippen LogP contribution in [0.15, 0.2) is 8.84 Å². The summed E-state index contributed by atoms with van der Waals surface area (Å²) >= 11 is 0.592. The second kappa shape index (κ2) is 5.75. The predicted molar refractivity (Wildman–Crippen MR) is 39.4 cm³/mol. The number of allylic oxidation sites excluding steroid dienone is 2. The first kappa shape index (κ1) is 11.1. The van der Waals surface area contributed by atoms with E-state index in [-0.39, 0.29) is 5.97 Å². The molecule has 59 valence electrons. The number of rotatable bonds is 3. The molecule has 0 fully saturated rings. The summed E-state index contributed by atoms with van der Waals surface area (Å²) < 4.78 is 6.39. The van der Waals surface area contributed by atoms with Gasteiger partial charge in [0.2, 0.25) is 0 Å². The molecule has 11 heavy (non-hydrogen) atoms. The van der Waals surface area contributed by atoms with E-state index in [9.17, 15) is 4.79 Å². The van der Waals surface area contributed by atoms with Crippen molar-refractivity contribution in [1.82, 2.24) is 0 Å². The Balaban J connectivity index is 4.26. The summed E-state index contributed by atoms with van der Waals surface area (Å²) in [7, 11) is 0. The van der Waals surface area contributed by atoms with Gasteiger partial charge in [0.1, 0.15) is 0 Å². The molecule has 0 radical (unpaired) electrons. The molecule has 0 spiro atoms. The molecule has 0 saturated carbocycles. The van der Waals surface area contributed by atoms with Crippen molar-refractivity contribution in [2.45, 2.75) is 33.6 Å². The van der Waals surface area contributed by atoms with Crippen LogP contribution in [0.1, 0.15) is 33.6 Å². The summed E-state index contributed by atoms with van der Waals surface area (Å²) in [5, 5.41) is 0. The van der Waals surface area contributed by atoms with E-state index >= 15 is 0 Å². The molecular formula is C8H13HgO2. The van der Waals surface area contributed by atoms with E-state index < -0.39 is 0 Å². The summed E-state index contributed by atoms with van der Waals surface area (Å²) in [4.78, 5) is 10.6. The van der Waals surface area contributed by atoms with Crippen LogP contribution in [0.5, 0.6) is 0 Å². The van der Waals surface area contributed by atoms with Crippen molar-refractivity contribution in [2.75, 3.05) is 0 Å². The van der Waals surface area contributed by atoms with E-state index in [4.69, 9.17) is 4.74 Å². The third-order valence-corrected chi connectivity index (χ3v) is 4.89. The maximum absolute atomic E-state index is 10.6. The standard InChI is InChI=1S/C8H13O2.Hg/c1-4-6-8(5-2)10-7(3)9;/h4-5H2,1-3H3;. The van der Waals surface area contributed by atoms with Gasteiger partial charge in [-0.15, -0.1) is 0 Å². The molecule has 0 aliphatic rings. The van der Waals surface area contributed by atoms with E-state index in [0.717, 1.165) is 18.6 Å². The van der Waals surface area contributed by atoms with Crippen LogP contribution < -0.4 is 0 Å². The SMILES string of the molecule is CC[C]([Hg])=C(CC)OC(C)=O. The van der Waals surface area contributed by atoms with Crippen LogP contribution in [0.3, 0.4) is 0 Å². The molecule has 3 heteroatoms. The summed E-state index contributed by atoms with van der Waals surface area (Å²) in [5.74, 6) is 0.710. The Morgan fingerprint density at radius 2 is 1.91 bits per heavy atom. The quantitative estimate of drug-likeness (QED) is 0.446. The van der Waals surface area contributed by atoms with Crippen molar-refractivity contribution >= 4 is 5.97 Å². The van der Waals surface area contributed by atoms with Gasteiger partial charge in [-0.05, 0) is 0 Å². The van der Waals surface area contributed by atoms with Gasteiger partial charge in [0.05, 0.1) is 0 Å². The molecule has 0 bridgehead atoms. The Bertz CT molecular complexity index is 173. The van der Waals surface area contributed by atoms with Gasteiger partial charge >= 0.3 is 84.1 Å². The van der Waals surface area contributed by atoms with Crippen molar-refractivity contribution in [3.63, 3.8) is 0 Å². The van der Waals surface area contributed by atoms with Gasteiger partial charge < -0.3 is 0 Å². The first-order chi connectivity index (χ1) is 5.11. The Labute approximate surface area is 84.0 Å². The number of carbonyl (C=O) groups is 1. The second-order valence-electron chi connectivity index (χ2n) is 2.33. The zero-order valence-corrected chi connectivity index (χ0v) is 12.9. The van der Waals surface area contributed by atoms with Crippen molar-refractivity contribution in [1.29, 1.82) is 0 Å². The van der Waals surface area contributed by atoms with E-state index in [0.29, 0.717) is 26.1 Å². The minimum atomic E-state index is -0.196. The van der Waals surface area contributed by atoms with Gasteiger partial charge in [-0.3, -0.25) is 0 Å². The molecule has 0 saturated heterocycles. The fraction of sp³-hybridized carbons (Fsp3) is 0.625. The number of hydrogen-bond acceptors (Lipinski definition) is 2. The summed E-state index contributed by atoms with van der Waals surface area (Å²) in [6.45, 7) is 5.56. The van der Waals surface area contributed by atoms with E-state index in [2.05, 4.69) is 6.92 Å². The van der Waals surface area contributed by atoms with Crippen molar-refractivity contribution in [3.8, 4) is 0 Å². The topological polar surface area (TPSA) is 26.3 Å². The normalized spacial score (nSPS) is 12.5. The Kier molecular flexibility index (Phi) is 5.83. The van der Waals surface area contributed by atoms with Crippen LogP contribution in [0, 0.1) is 0 Å². The number of ether oxygens (including phenoxy) is 1. The summed E-state index contributed by atoms with van der Waals surface area (Å²) in [6, 6.07) is 0. The van der Waals surface area contributed by atoms with Crippen LogP contribution in [-0.2, 0) is 35.7 Å². The molecule has 0 rings (SSSR count). The third kappa shape index (κ3) is 4.56. The number of carbonyl (C=O) groups excluding carboxylic acids is 1. The first-order valence-corrected chi connectivity index (χ1v) is 6.59. The molecule has 0 unspecified atom stereocenters. The van der Waals surface area contributed by atoms with Crippen LogP contribution in [0.2, 0.25) is 0 Å². The van der Waals surface area contributed by atoms with Crippen LogP contribution in [0.4, 0.5) is 0 Å². The third-order valence-electron chi connectivity index (χ3n) is 1.41. The van der Waals surface area contributed by atoms with Crippen molar-refractivity contribution in [3.05, 3.63) is 8.84 Å². The van der Waals surface area contributed by atoms with E-state index in [1.807, 2.05) is 6.92 Å². The van der Waals surface area contributed by atoms with Crippen molar-refractivity contribution < 1.29 is 35.7 Å². The number of hydrogen-bond donors (Lipinski definition) is 0. The first-order valence-electron chi connectivity index (χ1n) is 3.84. The molecule has 0 amide bonds. The van der Waals surface area contributed by atoms with Gasteiger partial charge in [0.25, 0.3) is 0 Å². The Hall–Kier alpha value is 0.145. The predicted octanol–water partition coefficient (Wildman–Crippen LogP) is 2.13. The molecule has 0 aromatic heterocycles. The van der Waals surface area contributed by atoms with Crippen LogP contribution >= 0.6 is 0 Å². The minimum absolute atomic E-state index is 0.196. The van der Waals surface area contributed by atoms with Gasteiger partial charge in [0.15, 0.2) is 0 Å². The van der Waals surface area contributed by atoms with Gasteiger partial charge in [-0.1, -0.05) is 0 Å². The van der Waals surface area contributed by atoms with Gasteiger partial charge in [0, 0.05) is 0 Å². The monoisotopic (exact) mass is 343 g/mol. The molecule has 0 aliphatic carbocycles. The molecule has 0 atom stereocenters. The average molecular weight is 342 g/mol. The second-order valence-corrected chi connectivity index (χ2v) is 5.65.